The summed E-state index contributed by atoms with van der Waals surface area (Å²) in [5.41, 5.74) is 2.64. The van der Waals surface area contributed by atoms with Gasteiger partial charge in [0.25, 0.3) is 0 Å². The molecule has 0 spiro atoms. The molecule has 2 aromatic heterocycles. The molecular weight excluding hydrogens is 434 g/mol. The fraction of sp³-hybridized carbons (Fsp3) is 0.231. The zero-order chi connectivity index (χ0) is 24.1. The van der Waals surface area contributed by atoms with E-state index in [-0.39, 0.29) is 12.3 Å². The Bertz CT molecular complexity index is 1390. The van der Waals surface area contributed by atoms with E-state index in [0.717, 1.165) is 16.5 Å². The van der Waals surface area contributed by atoms with Gasteiger partial charge in [0.05, 0.1) is 12.0 Å². The van der Waals surface area contributed by atoms with Gasteiger partial charge in [-0.15, -0.1) is 0 Å². The summed E-state index contributed by atoms with van der Waals surface area (Å²) in [6, 6.07) is 14.8. The zero-order valence-electron chi connectivity index (χ0n) is 19.1. The normalized spacial score (nSPS) is 10.9. The van der Waals surface area contributed by atoms with Gasteiger partial charge in [0.15, 0.2) is 0 Å². The van der Waals surface area contributed by atoms with Crippen LogP contribution in [-0.2, 0) is 17.6 Å². The number of benzene rings is 2. The van der Waals surface area contributed by atoms with Crippen LogP contribution in [0.15, 0.2) is 74.4 Å². The molecule has 34 heavy (non-hydrogen) atoms. The average molecular weight is 460 g/mol. The molecule has 174 valence electrons. The summed E-state index contributed by atoms with van der Waals surface area (Å²) in [6.07, 6.45) is 0.293. The SMILES string of the molecule is C=C(C)COc1ccc2c(C)c(CC(=O)NCCc3nc(-c4ccccc4)no3)c(=O)oc2c1. The molecule has 2 aromatic carbocycles. The van der Waals surface area contributed by atoms with Crippen molar-refractivity contribution in [3.05, 3.63) is 88.1 Å². The number of carbonyl (C=O) groups excluding carboxylic acids is 1. The number of hydrogen-bond donors (Lipinski definition) is 1. The molecule has 0 atom stereocenters. The monoisotopic (exact) mass is 459 g/mol. The molecule has 0 aliphatic rings. The van der Waals surface area contributed by atoms with Gasteiger partial charge in [0, 0.05) is 30.0 Å². The Morgan fingerprint density at radius 2 is 1.97 bits per heavy atom. The van der Waals surface area contributed by atoms with Crippen molar-refractivity contribution in [1.82, 2.24) is 15.5 Å². The van der Waals surface area contributed by atoms with Crippen LogP contribution in [0.25, 0.3) is 22.4 Å². The fourth-order valence-electron chi connectivity index (χ4n) is 3.47. The van der Waals surface area contributed by atoms with Crippen LogP contribution in [0.5, 0.6) is 5.75 Å². The van der Waals surface area contributed by atoms with Gasteiger partial charge < -0.3 is 19.0 Å². The Morgan fingerprint density at radius 3 is 2.74 bits per heavy atom. The Labute approximate surface area is 196 Å². The van der Waals surface area contributed by atoms with Gasteiger partial charge in [-0.3, -0.25) is 4.79 Å². The van der Waals surface area contributed by atoms with Crippen LogP contribution in [0.3, 0.4) is 0 Å². The number of aryl methyl sites for hydroxylation is 1. The predicted molar refractivity (Wildman–Crippen MR) is 128 cm³/mol. The lowest BCUT2D eigenvalue weighted by molar-refractivity contribution is -0.120. The molecule has 0 saturated carbocycles. The minimum atomic E-state index is -0.540. The van der Waals surface area contributed by atoms with E-state index in [0.29, 0.717) is 53.7 Å². The van der Waals surface area contributed by atoms with Crippen LogP contribution in [0, 0.1) is 6.92 Å². The number of rotatable bonds is 9. The van der Waals surface area contributed by atoms with Crippen LogP contribution in [-0.4, -0.2) is 29.2 Å². The van der Waals surface area contributed by atoms with Crippen LogP contribution in [0.1, 0.15) is 23.9 Å². The highest BCUT2D eigenvalue weighted by molar-refractivity contribution is 5.85. The van der Waals surface area contributed by atoms with E-state index in [1.54, 1.807) is 19.1 Å². The maximum Gasteiger partial charge on any atom is 0.340 e. The standard InChI is InChI=1S/C26H25N3O5/c1-16(2)15-32-19-9-10-20-17(3)21(26(31)33-22(20)13-19)14-23(30)27-12-11-24-28-25(29-34-24)18-7-5-4-6-8-18/h4-10,13H,1,11-12,14-15H2,2-3H3,(H,27,30). The van der Waals surface area contributed by atoms with E-state index in [1.807, 2.05) is 43.3 Å². The Morgan fingerprint density at radius 1 is 1.18 bits per heavy atom. The Balaban J connectivity index is 1.38. The summed E-state index contributed by atoms with van der Waals surface area (Å²) in [5.74, 6) is 1.21. The summed E-state index contributed by atoms with van der Waals surface area (Å²) in [5, 5.41) is 7.51. The maximum atomic E-state index is 12.6. The number of hydrogen-bond acceptors (Lipinski definition) is 7. The van der Waals surface area contributed by atoms with Gasteiger partial charge in [-0.05, 0) is 37.1 Å². The van der Waals surface area contributed by atoms with E-state index in [1.165, 1.54) is 0 Å². The molecule has 0 aliphatic carbocycles. The van der Waals surface area contributed by atoms with Gasteiger partial charge in [0.2, 0.25) is 17.6 Å². The van der Waals surface area contributed by atoms with Gasteiger partial charge in [0.1, 0.15) is 17.9 Å². The molecule has 0 radical (unpaired) electrons. The van der Waals surface area contributed by atoms with Gasteiger partial charge in [-0.2, -0.15) is 4.98 Å². The lowest BCUT2D eigenvalue weighted by atomic mass is 10.0. The Kier molecular flexibility index (Phi) is 6.87. The van der Waals surface area contributed by atoms with Crippen molar-refractivity contribution in [3.63, 3.8) is 0 Å². The number of fused-ring (bicyclic) bond motifs is 1. The summed E-state index contributed by atoms with van der Waals surface area (Å²) < 4.78 is 16.3. The van der Waals surface area contributed by atoms with Crippen LogP contribution >= 0.6 is 0 Å². The first-order valence-corrected chi connectivity index (χ1v) is 10.9. The topological polar surface area (TPSA) is 107 Å². The van der Waals surface area contributed by atoms with Crippen molar-refractivity contribution in [3.8, 4) is 17.1 Å². The maximum absolute atomic E-state index is 12.6. The molecule has 1 N–H and O–H groups in total. The fourth-order valence-corrected chi connectivity index (χ4v) is 3.47. The molecule has 0 aliphatic heterocycles. The van der Waals surface area contributed by atoms with Gasteiger partial charge in [-0.25, -0.2) is 4.79 Å². The van der Waals surface area contributed by atoms with Crippen molar-refractivity contribution >= 4 is 16.9 Å². The first kappa shape index (κ1) is 23.0. The molecule has 8 nitrogen and oxygen atoms in total. The van der Waals surface area contributed by atoms with E-state index in [2.05, 4.69) is 22.0 Å². The molecule has 4 rings (SSSR count). The minimum Gasteiger partial charge on any atom is -0.489 e. The van der Waals surface area contributed by atoms with E-state index >= 15 is 0 Å². The second-order valence-electron chi connectivity index (χ2n) is 8.05. The number of nitrogens with zero attached hydrogens (tertiary/aromatic N) is 2. The third-order valence-corrected chi connectivity index (χ3v) is 5.24. The largest absolute Gasteiger partial charge is 0.489 e. The first-order chi connectivity index (χ1) is 16.4. The average Bonchev–Trinajstić information content (AvgIpc) is 3.30. The third-order valence-electron chi connectivity index (χ3n) is 5.24. The van der Waals surface area contributed by atoms with Crippen molar-refractivity contribution in [1.29, 1.82) is 0 Å². The highest BCUT2D eigenvalue weighted by Crippen LogP contribution is 2.24. The molecule has 8 heteroatoms. The number of aromatic nitrogens is 2. The van der Waals surface area contributed by atoms with Crippen molar-refractivity contribution < 1.29 is 18.5 Å². The van der Waals surface area contributed by atoms with Crippen LogP contribution in [0.2, 0.25) is 0 Å². The summed E-state index contributed by atoms with van der Waals surface area (Å²) in [7, 11) is 0. The zero-order valence-corrected chi connectivity index (χ0v) is 19.1. The van der Waals surface area contributed by atoms with Crippen molar-refractivity contribution in [2.45, 2.75) is 26.7 Å². The highest BCUT2D eigenvalue weighted by atomic mass is 16.5. The number of ether oxygens (including phenoxy) is 1. The molecular formula is C26H25N3O5. The third kappa shape index (κ3) is 5.40. The minimum absolute atomic E-state index is 0.0862. The second-order valence-corrected chi connectivity index (χ2v) is 8.05. The van der Waals surface area contributed by atoms with Crippen LogP contribution in [0.4, 0.5) is 0 Å². The molecule has 1 amide bonds. The summed E-state index contributed by atoms with van der Waals surface area (Å²) in [4.78, 5) is 29.4. The van der Waals surface area contributed by atoms with E-state index in [9.17, 15) is 9.59 Å². The molecule has 0 unspecified atom stereocenters. The van der Waals surface area contributed by atoms with Gasteiger partial charge in [-0.1, -0.05) is 42.1 Å². The first-order valence-electron chi connectivity index (χ1n) is 10.9. The quantitative estimate of drug-likeness (QED) is 0.298. The van der Waals surface area contributed by atoms with Crippen LogP contribution < -0.4 is 15.7 Å². The molecule has 4 aromatic rings. The number of carbonyl (C=O) groups is 1. The predicted octanol–water partition coefficient (Wildman–Crippen LogP) is 4.01. The van der Waals surface area contributed by atoms with Gasteiger partial charge >= 0.3 is 5.63 Å². The van der Waals surface area contributed by atoms with Crippen molar-refractivity contribution in [2.75, 3.05) is 13.2 Å². The molecule has 0 saturated heterocycles. The second kappa shape index (κ2) is 10.2. The number of amides is 1. The smallest absolute Gasteiger partial charge is 0.340 e. The van der Waals surface area contributed by atoms with E-state index < -0.39 is 5.63 Å². The lowest BCUT2D eigenvalue weighted by Crippen LogP contribution is -2.29. The highest BCUT2D eigenvalue weighted by Gasteiger charge is 2.16. The molecule has 0 fully saturated rings. The van der Waals surface area contributed by atoms with Crippen molar-refractivity contribution in [2.24, 2.45) is 0 Å². The summed E-state index contributed by atoms with van der Waals surface area (Å²) in [6.45, 7) is 8.16. The molecule has 0 bridgehead atoms. The number of nitrogens with one attached hydrogen (secondary N) is 1. The Hall–Kier alpha value is -4.20. The lowest BCUT2D eigenvalue weighted by Gasteiger charge is -2.10. The van der Waals surface area contributed by atoms with E-state index in [4.69, 9.17) is 13.7 Å². The summed E-state index contributed by atoms with van der Waals surface area (Å²) >= 11 is 0. The molecule has 2 heterocycles.